The number of amides is 3. The van der Waals surface area contributed by atoms with Crippen molar-refractivity contribution in [3.63, 3.8) is 0 Å². The number of benzene rings is 2. The maximum absolute atomic E-state index is 13.7. The van der Waals surface area contributed by atoms with E-state index < -0.39 is 53.1 Å². The van der Waals surface area contributed by atoms with Gasteiger partial charge in [0.15, 0.2) is 6.61 Å². The Morgan fingerprint density at radius 2 is 1.94 bits per heavy atom. The Balaban J connectivity index is 1.53. The lowest BCUT2D eigenvalue weighted by Gasteiger charge is -2.13. The first kappa shape index (κ1) is 22.0. The summed E-state index contributed by atoms with van der Waals surface area (Å²) in [5.74, 6) is -4.01. The number of fused-ring (bicyclic) bond motifs is 1. The molecule has 160 valence electrons. The van der Waals surface area contributed by atoms with Crippen molar-refractivity contribution in [2.24, 2.45) is 0 Å². The van der Waals surface area contributed by atoms with Crippen molar-refractivity contribution < 1.29 is 33.2 Å². The van der Waals surface area contributed by atoms with E-state index in [9.17, 15) is 33.7 Å². The zero-order chi connectivity index (χ0) is 22.7. The van der Waals surface area contributed by atoms with Gasteiger partial charge in [0.25, 0.3) is 23.4 Å². The molecule has 0 saturated carbocycles. The van der Waals surface area contributed by atoms with Gasteiger partial charge in [0.05, 0.1) is 22.6 Å². The molecule has 0 bridgehead atoms. The van der Waals surface area contributed by atoms with Crippen LogP contribution < -0.4 is 5.32 Å². The molecular weight excluding hydrogens is 481 g/mol. The Labute approximate surface area is 182 Å². The molecule has 3 amide bonds. The van der Waals surface area contributed by atoms with E-state index in [2.05, 4.69) is 21.2 Å². The number of esters is 1. The minimum Gasteiger partial charge on any atom is -0.456 e. The third-order valence-corrected chi connectivity index (χ3v) is 4.78. The number of halogens is 2. The average Bonchev–Trinajstić information content (AvgIpc) is 2.97. The number of nitrogens with zero attached hydrogens (tertiary/aromatic N) is 2. The SMILES string of the molecule is O=C(COC(=O)CCN1C(=O)c2cccc([N+](=O)[O-])c2C1=O)Nc1ccc(Br)cc1F. The summed E-state index contributed by atoms with van der Waals surface area (Å²) in [4.78, 5) is 59.5. The molecule has 1 N–H and O–H groups in total. The van der Waals surface area contributed by atoms with E-state index in [-0.39, 0.29) is 23.4 Å². The predicted octanol–water partition coefficient (Wildman–Crippen LogP) is 2.66. The second kappa shape index (κ2) is 9.00. The number of ether oxygens (including phenoxy) is 1. The summed E-state index contributed by atoms with van der Waals surface area (Å²) < 4.78 is 19.0. The number of nitro groups is 1. The Bertz CT molecular complexity index is 1120. The smallest absolute Gasteiger partial charge is 0.308 e. The van der Waals surface area contributed by atoms with Gasteiger partial charge >= 0.3 is 5.97 Å². The lowest BCUT2D eigenvalue weighted by molar-refractivity contribution is -0.385. The largest absolute Gasteiger partial charge is 0.456 e. The van der Waals surface area contributed by atoms with Crippen LogP contribution in [0.2, 0.25) is 0 Å². The van der Waals surface area contributed by atoms with Crippen molar-refractivity contribution in [2.75, 3.05) is 18.5 Å². The molecule has 0 saturated heterocycles. The van der Waals surface area contributed by atoms with Crippen LogP contribution in [0.1, 0.15) is 27.1 Å². The number of imide groups is 1. The first-order chi connectivity index (χ1) is 14.7. The first-order valence-corrected chi connectivity index (χ1v) is 9.52. The number of nitro benzene ring substituents is 1. The van der Waals surface area contributed by atoms with Gasteiger partial charge in [-0.25, -0.2) is 4.39 Å². The van der Waals surface area contributed by atoms with E-state index >= 15 is 0 Å². The molecule has 1 aliphatic rings. The molecule has 0 unspecified atom stereocenters. The molecule has 0 aliphatic carbocycles. The summed E-state index contributed by atoms with van der Waals surface area (Å²) in [6.45, 7) is -1.09. The topological polar surface area (TPSA) is 136 Å². The highest BCUT2D eigenvalue weighted by atomic mass is 79.9. The Kier molecular flexibility index (Phi) is 6.39. The Morgan fingerprint density at radius 3 is 2.61 bits per heavy atom. The first-order valence-electron chi connectivity index (χ1n) is 8.73. The highest BCUT2D eigenvalue weighted by Crippen LogP contribution is 2.30. The number of carbonyl (C=O) groups excluding carboxylic acids is 4. The fraction of sp³-hybridized carbons (Fsp3) is 0.158. The van der Waals surface area contributed by atoms with Crippen LogP contribution in [0.4, 0.5) is 15.8 Å². The molecule has 31 heavy (non-hydrogen) atoms. The van der Waals surface area contributed by atoms with Gasteiger partial charge in [0.1, 0.15) is 11.4 Å². The molecule has 2 aromatic rings. The molecule has 2 aromatic carbocycles. The third-order valence-electron chi connectivity index (χ3n) is 4.28. The number of anilines is 1. The van der Waals surface area contributed by atoms with Crippen LogP contribution in [0.3, 0.4) is 0 Å². The summed E-state index contributed by atoms with van der Waals surface area (Å²) in [5, 5.41) is 13.3. The maximum Gasteiger partial charge on any atom is 0.308 e. The molecule has 1 aliphatic heterocycles. The predicted molar refractivity (Wildman–Crippen MR) is 107 cm³/mol. The Morgan fingerprint density at radius 1 is 1.19 bits per heavy atom. The van der Waals surface area contributed by atoms with Crippen molar-refractivity contribution in [1.82, 2.24) is 4.90 Å². The van der Waals surface area contributed by atoms with Crippen LogP contribution in [0.25, 0.3) is 0 Å². The minimum absolute atomic E-state index is 0.100. The van der Waals surface area contributed by atoms with E-state index in [0.29, 0.717) is 9.37 Å². The van der Waals surface area contributed by atoms with E-state index in [1.807, 2.05) is 0 Å². The van der Waals surface area contributed by atoms with Crippen molar-refractivity contribution >= 4 is 51.0 Å². The van der Waals surface area contributed by atoms with Crippen LogP contribution in [0, 0.1) is 15.9 Å². The van der Waals surface area contributed by atoms with Crippen molar-refractivity contribution in [3.8, 4) is 0 Å². The lowest BCUT2D eigenvalue weighted by atomic mass is 10.1. The second-order valence-electron chi connectivity index (χ2n) is 6.30. The summed E-state index contributed by atoms with van der Waals surface area (Å²) in [6, 6.07) is 7.65. The second-order valence-corrected chi connectivity index (χ2v) is 7.22. The number of carbonyl (C=O) groups is 4. The highest BCUT2D eigenvalue weighted by Gasteiger charge is 2.40. The normalized spacial score (nSPS) is 12.5. The van der Waals surface area contributed by atoms with Gasteiger partial charge in [-0.3, -0.25) is 34.2 Å². The van der Waals surface area contributed by atoms with Gasteiger partial charge in [-0.2, -0.15) is 0 Å². The molecule has 12 heteroatoms. The van der Waals surface area contributed by atoms with Crippen molar-refractivity contribution in [1.29, 1.82) is 0 Å². The molecular formula is C19H13BrFN3O7. The van der Waals surface area contributed by atoms with Gasteiger partial charge in [-0.05, 0) is 24.3 Å². The molecule has 3 rings (SSSR count). The number of nitrogens with one attached hydrogen (secondary N) is 1. The Hall–Kier alpha value is -3.67. The van der Waals surface area contributed by atoms with Crippen molar-refractivity contribution in [2.45, 2.75) is 6.42 Å². The average molecular weight is 494 g/mol. The highest BCUT2D eigenvalue weighted by molar-refractivity contribution is 9.10. The van der Waals surface area contributed by atoms with Gasteiger partial charge in [0.2, 0.25) is 0 Å². The molecule has 10 nitrogen and oxygen atoms in total. The van der Waals surface area contributed by atoms with Gasteiger partial charge in [-0.1, -0.05) is 22.0 Å². The zero-order valence-electron chi connectivity index (χ0n) is 15.6. The van der Waals surface area contributed by atoms with Gasteiger partial charge < -0.3 is 10.1 Å². The van der Waals surface area contributed by atoms with E-state index in [1.54, 1.807) is 0 Å². The molecule has 0 fully saturated rings. The maximum atomic E-state index is 13.7. The quantitative estimate of drug-likeness (QED) is 0.271. The number of rotatable bonds is 7. The third kappa shape index (κ3) is 4.74. The monoisotopic (exact) mass is 493 g/mol. The molecule has 0 spiro atoms. The molecule has 1 heterocycles. The molecule has 0 atom stereocenters. The summed E-state index contributed by atoms with van der Waals surface area (Å²) in [5.41, 5.74) is -1.06. The molecule has 0 aromatic heterocycles. The lowest BCUT2D eigenvalue weighted by Crippen LogP contribution is -2.32. The van der Waals surface area contributed by atoms with Crippen LogP contribution in [0.5, 0.6) is 0 Å². The fourth-order valence-electron chi connectivity index (χ4n) is 2.87. The van der Waals surface area contributed by atoms with Gasteiger partial charge in [-0.15, -0.1) is 0 Å². The summed E-state index contributed by atoms with van der Waals surface area (Å²) in [7, 11) is 0. The van der Waals surface area contributed by atoms with Crippen LogP contribution in [-0.4, -0.2) is 46.7 Å². The fourth-order valence-corrected chi connectivity index (χ4v) is 3.20. The number of hydrogen-bond donors (Lipinski definition) is 1. The van der Waals surface area contributed by atoms with E-state index in [4.69, 9.17) is 4.74 Å². The van der Waals surface area contributed by atoms with E-state index in [1.165, 1.54) is 24.3 Å². The van der Waals surface area contributed by atoms with Gasteiger partial charge in [0, 0.05) is 17.1 Å². The molecule has 0 radical (unpaired) electrons. The minimum atomic E-state index is -0.891. The summed E-state index contributed by atoms with van der Waals surface area (Å²) >= 11 is 3.08. The van der Waals surface area contributed by atoms with Crippen LogP contribution in [0.15, 0.2) is 40.9 Å². The number of hydrogen-bond acceptors (Lipinski definition) is 7. The van der Waals surface area contributed by atoms with Crippen LogP contribution in [-0.2, 0) is 14.3 Å². The van der Waals surface area contributed by atoms with E-state index in [0.717, 1.165) is 12.1 Å². The standard InChI is InChI=1S/C19H13BrFN3O7/c20-10-4-5-13(12(21)8-10)22-15(25)9-31-16(26)6-7-23-18(27)11-2-1-3-14(24(29)30)17(11)19(23)28/h1-5,8H,6-7,9H2,(H,22,25). The van der Waals surface area contributed by atoms with Crippen molar-refractivity contribution in [3.05, 3.63) is 67.9 Å². The summed E-state index contributed by atoms with van der Waals surface area (Å²) in [6.07, 6.45) is -0.431. The van der Waals surface area contributed by atoms with Crippen LogP contribution >= 0.6 is 15.9 Å². The zero-order valence-corrected chi connectivity index (χ0v) is 17.2.